The topological polar surface area (TPSA) is 109 Å². The Kier molecular flexibility index (Phi) is 8.38. The van der Waals surface area contributed by atoms with E-state index in [0.717, 1.165) is 12.2 Å². The molecular weight excluding hydrogens is 368 g/mol. The largest absolute Gasteiger partial charge is 0.494 e. The molecule has 0 aromatic heterocycles. The molecule has 1 heterocycles. The van der Waals surface area contributed by atoms with Crippen LogP contribution in [0.1, 0.15) is 19.3 Å². The van der Waals surface area contributed by atoms with Crippen molar-refractivity contribution in [3.05, 3.63) is 30.3 Å². The van der Waals surface area contributed by atoms with Crippen LogP contribution in [0.4, 0.5) is 0 Å². The van der Waals surface area contributed by atoms with Crippen molar-refractivity contribution < 1.29 is 17.9 Å². The number of nitrogens with zero attached hydrogens (tertiary/aromatic N) is 1. The van der Waals surface area contributed by atoms with Gasteiger partial charge in [0.15, 0.2) is 15.8 Å². The number of aliphatic imine (C=N–C) groups is 1. The zero-order valence-electron chi connectivity index (χ0n) is 15.6. The maximum atomic E-state index is 11.9. The number of rotatable bonds is 9. The van der Waals surface area contributed by atoms with Gasteiger partial charge in [-0.2, -0.15) is 0 Å². The highest BCUT2D eigenvalue weighted by Crippen LogP contribution is 2.11. The van der Waals surface area contributed by atoms with Gasteiger partial charge in [0.05, 0.1) is 18.1 Å². The number of amides is 1. The summed E-state index contributed by atoms with van der Waals surface area (Å²) >= 11 is 0. The summed E-state index contributed by atoms with van der Waals surface area (Å²) in [5.41, 5.74) is 0. The number of para-hydroxylation sites is 1. The summed E-state index contributed by atoms with van der Waals surface area (Å²) in [7, 11) is -1.32. The fourth-order valence-electron chi connectivity index (χ4n) is 2.71. The quantitative estimate of drug-likeness (QED) is 0.315. The van der Waals surface area contributed by atoms with Gasteiger partial charge in [0.25, 0.3) is 0 Å². The number of sulfone groups is 1. The van der Waals surface area contributed by atoms with Crippen molar-refractivity contribution in [1.29, 1.82) is 0 Å². The minimum Gasteiger partial charge on any atom is -0.494 e. The molecule has 1 aliphatic rings. The van der Waals surface area contributed by atoms with Crippen LogP contribution in [0.15, 0.2) is 35.3 Å². The van der Waals surface area contributed by atoms with Crippen LogP contribution in [-0.4, -0.2) is 64.6 Å². The van der Waals surface area contributed by atoms with Gasteiger partial charge in [-0.3, -0.25) is 9.79 Å². The molecule has 150 valence electrons. The molecule has 1 aromatic rings. The van der Waals surface area contributed by atoms with Crippen molar-refractivity contribution in [3.8, 4) is 5.75 Å². The molecule has 0 aliphatic carbocycles. The summed E-state index contributed by atoms with van der Waals surface area (Å²) < 4.78 is 28.4. The van der Waals surface area contributed by atoms with Gasteiger partial charge in [0.2, 0.25) is 5.91 Å². The standard InChI is InChI=1S/C18H28N4O4S/c1-19-18(20-10-5-12-26-16-6-3-2-4-7-16)21-11-8-17(23)22-15-9-13-27(24,25)14-15/h2-4,6-7,15H,5,8-14H2,1H3,(H,22,23)(H2,19,20,21). The third-order valence-electron chi connectivity index (χ3n) is 4.09. The number of hydrogen-bond donors (Lipinski definition) is 3. The number of nitrogens with one attached hydrogen (secondary N) is 3. The van der Waals surface area contributed by atoms with Crippen molar-refractivity contribution in [2.45, 2.75) is 25.3 Å². The molecule has 1 unspecified atom stereocenters. The number of guanidine groups is 1. The molecule has 3 N–H and O–H groups in total. The molecule has 0 spiro atoms. The Hall–Kier alpha value is -2.29. The summed E-state index contributed by atoms with van der Waals surface area (Å²) in [4.78, 5) is 16.0. The molecule has 0 radical (unpaired) electrons. The first-order chi connectivity index (χ1) is 13.0. The fraction of sp³-hybridized carbons (Fsp3) is 0.556. The average molecular weight is 397 g/mol. The molecule has 8 nitrogen and oxygen atoms in total. The third kappa shape index (κ3) is 8.29. The van der Waals surface area contributed by atoms with Gasteiger partial charge in [-0.15, -0.1) is 0 Å². The Labute approximate surface area is 160 Å². The number of hydrogen-bond acceptors (Lipinski definition) is 5. The second-order valence-corrected chi connectivity index (χ2v) is 8.59. The molecule has 1 aliphatic heterocycles. The first-order valence-electron chi connectivity index (χ1n) is 9.10. The van der Waals surface area contributed by atoms with Gasteiger partial charge in [-0.25, -0.2) is 8.42 Å². The van der Waals surface area contributed by atoms with Crippen LogP contribution in [-0.2, 0) is 14.6 Å². The third-order valence-corrected chi connectivity index (χ3v) is 5.86. The Bertz CT molecular complexity index is 722. The fourth-order valence-corrected chi connectivity index (χ4v) is 4.38. The van der Waals surface area contributed by atoms with E-state index in [2.05, 4.69) is 20.9 Å². The summed E-state index contributed by atoms with van der Waals surface area (Å²) in [6.45, 7) is 1.71. The molecule has 1 aromatic carbocycles. The molecule has 27 heavy (non-hydrogen) atoms. The minimum absolute atomic E-state index is 0.0421. The average Bonchev–Trinajstić information content (AvgIpc) is 2.99. The Morgan fingerprint density at radius 2 is 1.96 bits per heavy atom. The minimum atomic E-state index is -2.98. The number of carbonyl (C=O) groups is 1. The molecule has 2 rings (SSSR count). The van der Waals surface area contributed by atoms with E-state index in [4.69, 9.17) is 4.74 Å². The Balaban J connectivity index is 1.54. The van der Waals surface area contributed by atoms with Gasteiger partial charge in [0.1, 0.15) is 5.75 Å². The van der Waals surface area contributed by atoms with Crippen molar-refractivity contribution >= 4 is 21.7 Å². The van der Waals surface area contributed by atoms with Crippen LogP contribution in [0.25, 0.3) is 0 Å². The first kappa shape index (κ1) is 21.0. The van der Waals surface area contributed by atoms with Crippen LogP contribution >= 0.6 is 0 Å². The molecule has 9 heteroatoms. The second-order valence-electron chi connectivity index (χ2n) is 6.36. The lowest BCUT2D eigenvalue weighted by Crippen LogP contribution is -2.41. The smallest absolute Gasteiger partial charge is 0.222 e. The lowest BCUT2D eigenvalue weighted by molar-refractivity contribution is -0.121. The molecule has 1 saturated heterocycles. The molecule has 1 fully saturated rings. The van der Waals surface area contributed by atoms with E-state index in [1.807, 2.05) is 30.3 Å². The van der Waals surface area contributed by atoms with Crippen molar-refractivity contribution in [1.82, 2.24) is 16.0 Å². The monoisotopic (exact) mass is 396 g/mol. The normalized spacial score (nSPS) is 18.7. The molecule has 0 bridgehead atoms. The summed E-state index contributed by atoms with van der Waals surface area (Å²) in [6.07, 6.45) is 1.57. The van der Waals surface area contributed by atoms with Crippen molar-refractivity contribution in [2.75, 3.05) is 38.2 Å². The second kappa shape index (κ2) is 10.8. The molecule has 1 amide bonds. The van der Waals surface area contributed by atoms with E-state index in [0.29, 0.717) is 32.1 Å². The van der Waals surface area contributed by atoms with Crippen LogP contribution in [0.5, 0.6) is 5.75 Å². The number of carbonyl (C=O) groups excluding carboxylic acids is 1. The van der Waals surface area contributed by atoms with E-state index in [1.54, 1.807) is 7.05 Å². The highest BCUT2D eigenvalue weighted by molar-refractivity contribution is 7.91. The first-order valence-corrected chi connectivity index (χ1v) is 10.9. The highest BCUT2D eigenvalue weighted by Gasteiger charge is 2.28. The molecular formula is C18H28N4O4S. The van der Waals surface area contributed by atoms with Gasteiger partial charge < -0.3 is 20.7 Å². The maximum absolute atomic E-state index is 11.9. The number of benzene rings is 1. The predicted octanol–water partition coefficient (Wildman–Crippen LogP) is 0.314. The van der Waals surface area contributed by atoms with Crippen LogP contribution in [0.3, 0.4) is 0 Å². The van der Waals surface area contributed by atoms with Crippen LogP contribution in [0, 0.1) is 0 Å². The zero-order chi connectivity index (χ0) is 19.5. The Morgan fingerprint density at radius 3 is 2.63 bits per heavy atom. The molecule has 1 atom stereocenters. The number of ether oxygens (including phenoxy) is 1. The van der Waals surface area contributed by atoms with Gasteiger partial charge in [-0.05, 0) is 25.0 Å². The predicted molar refractivity (Wildman–Crippen MR) is 106 cm³/mol. The summed E-state index contributed by atoms with van der Waals surface area (Å²) in [6, 6.07) is 9.38. The van der Waals surface area contributed by atoms with Gasteiger partial charge >= 0.3 is 0 Å². The van der Waals surface area contributed by atoms with Gasteiger partial charge in [-0.1, -0.05) is 18.2 Å². The SMILES string of the molecule is CN=C(NCCCOc1ccccc1)NCCC(=O)NC1CCS(=O)(=O)C1. The zero-order valence-corrected chi connectivity index (χ0v) is 16.4. The van der Waals surface area contributed by atoms with E-state index in [9.17, 15) is 13.2 Å². The highest BCUT2D eigenvalue weighted by atomic mass is 32.2. The van der Waals surface area contributed by atoms with E-state index in [-0.39, 0.29) is 29.9 Å². The van der Waals surface area contributed by atoms with Gasteiger partial charge in [0, 0.05) is 32.6 Å². The maximum Gasteiger partial charge on any atom is 0.222 e. The van der Waals surface area contributed by atoms with E-state index >= 15 is 0 Å². The summed E-state index contributed by atoms with van der Waals surface area (Å²) in [5.74, 6) is 1.50. The lowest BCUT2D eigenvalue weighted by Gasteiger charge is -2.13. The Morgan fingerprint density at radius 1 is 1.22 bits per heavy atom. The van der Waals surface area contributed by atoms with Crippen molar-refractivity contribution in [2.24, 2.45) is 4.99 Å². The van der Waals surface area contributed by atoms with E-state index < -0.39 is 9.84 Å². The van der Waals surface area contributed by atoms with Crippen LogP contribution < -0.4 is 20.7 Å². The lowest BCUT2D eigenvalue weighted by atomic mass is 10.2. The van der Waals surface area contributed by atoms with Crippen molar-refractivity contribution in [3.63, 3.8) is 0 Å². The molecule has 0 saturated carbocycles. The van der Waals surface area contributed by atoms with Crippen LogP contribution in [0.2, 0.25) is 0 Å². The summed E-state index contributed by atoms with van der Waals surface area (Å²) in [5, 5.41) is 9.00. The van der Waals surface area contributed by atoms with E-state index in [1.165, 1.54) is 0 Å².